The molecule has 1 N–H and O–H groups in total. The zero-order valence-electron chi connectivity index (χ0n) is 15.0. The molecule has 7 heteroatoms. The van der Waals surface area contributed by atoms with Gasteiger partial charge < -0.3 is 14.8 Å². The fourth-order valence-corrected chi connectivity index (χ4v) is 2.43. The molecule has 0 saturated heterocycles. The molecule has 0 radical (unpaired) electrons. The minimum atomic E-state index is -1.01. The number of carbonyl (C=O) groups excluding carboxylic acids is 2. The molecule has 3 rings (SSSR count). The Hall–Kier alpha value is -3.38. The van der Waals surface area contributed by atoms with Crippen molar-refractivity contribution in [1.82, 2.24) is 4.98 Å². The predicted octanol–water partition coefficient (Wildman–Crippen LogP) is 4.71. The average molecular weight is 397 g/mol. The third-order valence-corrected chi connectivity index (χ3v) is 3.92. The highest BCUT2D eigenvalue weighted by atomic mass is 35.5. The third kappa shape index (κ3) is 5.31. The molecule has 0 unspecified atom stereocenters. The SMILES string of the molecule is C[C@H](OC(=O)c1cc(Cl)ccn1)C(=O)Nc1ccc(Oc2ccccc2)cc1. The Labute approximate surface area is 167 Å². The second-order valence-electron chi connectivity index (χ2n) is 5.84. The van der Waals surface area contributed by atoms with Crippen LogP contribution in [-0.4, -0.2) is 23.0 Å². The lowest BCUT2D eigenvalue weighted by Crippen LogP contribution is -2.30. The highest BCUT2D eigenvalue weighted by Gasteiger charge is 2.20. The van der Waals surface area contributed by atoms with Crippen molar-refractivity contribution in [3.05, 3.63) is 83.6 Å². The summed E-state index contributed by atoms with van der Waals surface area (Å²) in [4.78, 5) is 28.2. The predicted molar refractivity (Wildman–Crippen MR) is 106 cm³/mol. The summed E-state index contributed by atoms with van der Waals surface area (Å²) in [5.41, 5.74) is 0.587. The molecule has 0 saturated carbocycles. The number of benzene rings is 2. The summed E-state index contributed by atoms with van der Waals surface area (Å²) in [7, 11) is 0. The number of amides is 1. The first-order valence-corrected chi connectivity index (χ1v) is 8.85. The van der Waals surface area contributed by atoms with Gasteiger partial charge >= 0.3 is 5.97 Å². The summed E-state index contributed by atoms with van der Waals surface area (Å²) in [6, 6.07) is 19.1. The molecular weight excluding hydrogens is 380 g/mol. The number of para-hydroxylation sites is 1. The second kappa shape index (κ2) is 9.01. The normalized spacial score (nSPS) is 11.4. The minimum Gasteiger partial charge on any atom is -0.457 e. The van der Waals surface area contributed by atoms with E-state index in [2.05, 4.69) is 10.3 Å². The number of halogens is 1. The molecule has 0 bridgehead atoms. The van der Waals surface area contributed by atoms with Crippen LogP contribution in [0.4, 0.5) is 5.69 Å². The maximum atomic E-state index is 12.3. The van der Waals surface area contributed by atoms with Crippen molar-refractivity contribution in [3.63, 3.8) is 0 Å². The van der Waals surface area contributed by atoms with Crippen molar-refractivity contribution in [2.24, 2.45) is 0 Å². The van der Waals surface area contributed by atoms with Crippen molar-refractivity contribution in [2.45, 2.75) is 13.0 Å². The van der Waals surface area contributed by atoms with Crippen LogP contribution in [0.5, 0.6) is 11.5 Å². The Morgan fingerprint density at radius 3 is 2.36 bits per heavy atom. The molecule has 0 aliphatic heterocycles. The van der Waals surface area contributed by atoms with Crippen LogP contribution in [0.3, 0.4) is 0 Å². The zero-order chi connectivity index (χ0) is 19.9. The number of nitrogens with zero attached hydrogens (tertiary/aromatic N) is 1. The summed E-state index contributed by atoms with van der Waals surface area (Å²) in [6.07, 6.45) is 0.386. The Morgan fingerprint density at radius 2 is 1.68 bits per heavy atom. The summed E-state index contributed by atoms with van der Waals surface area (Å²) in [5, 5.41) is 3.04. The van der Waals surface area contributed by atoms with Crippen molar-refractivity contribution in [3.8, 4) is 11.5 Å². The molecule has 1 amide bonds. The minimum absolute atomic E-state index is 0.0366. The fourth-order valence-electron chi connectivity index (χ4n) is 2.27. The Morgan fingerprint density at radius 1 is 1.00 bits per heavy atom. The van der Waals surface area contributed by atoms with E-state index in [1.165, 1.54) is 19.2 Å². The number of carbonyl (C=O) groups is 2. The number of hydrogen-bond acceptors (Lipinski definition) is 5. The number of rotatable bonds is 6. The van der Waals surface area contributed by atoms with Gasteiger partial charge in [0.15, 0.2) is 6.10 Å². The van der Waals surface area contributed by atoms with Gasteiger partial charge in [0.1, 0.15) is 17.2 Å². The van der Waals surface area contributed by atoms with Crippen molar-refractivity contribution < 1.29 is 19.1 Å². The van der Waals surface area contributed by atoms with Gasteiger partial charge in [-0.3, -0.25) is 4.79 Å². The Kier molecular flexibility index (Phi) is 6.24. The van der Waals surface area contributed by atoms with Gasteiger partial charge in [0.25, 0.3) is 5.91 Å². The number of pyridine rings is 1. The van der Waals surface area contributed by atoms with E-state index in [9.17, 15) is 9.59 Å². The highest BCUT2D eigenvalue weighted by Crippen LogP contribution is 2.22. The summed E-state index contributed by atoms with van der Waals surface area (Å²) >= 11 is 5.82. The van der Waals surface area contributed by atoms with Gasteiger partial charge in [-0.25, -0.2) is 9.78 Å². The molecule has 0 aliphatic rings. The smallest absolute Gasteiger partial charge is 0.357 e. The van der Waals surface area contributed by atoms with Gasteiger partial charge in [0, 0.05) is 16.9 Å². The lowest BCUT2D eigenvalue weighted by molar-refractivity contribution is -0.123. The van der Waals surface area contributed by atoms with Crippen LogP contribution in [0.2, 0.25) is 5.02 Å². The molecule has 142 valence electrons. The summed E-state index contributed by atoms with van der Waals surface area (Å²) in [6.45, 7) is 1.48. The van der Waals surface area contributed by atoms with E-state index < -0.39 is 18.0 Å². The molecule has 3 aromatic rings. The van der Waals surface area contributed by atoms with Crippen molar-refractivity contribution in [2.75, 3.05) is 5.32 Å². The van der Waals surface area contributed by atoms with E-state index >= 15 is 0 Å². The second-order valence-corrected chi connectivity index (χ2v) is 6.27. The molecule has 0 spiro atoms. The van der Waals surface area contributed by atoms with Gasteiger partial charge in [-0.2, -0.15) is 0 Å². The van der Waals surface area contributed by atoms with E-state index in [4.69, 9.17) is 21.1 Å². The maximum absolute atomic E-state index is 12.3. The first-order chi connectivity index (χ1) is 13.5. The van der Waals surface area contributed by atoms with Gasteiger partial charge in [-0.1, -0.05) is 29.8 Å². The number of ether oxygens (including phenoxy) is 2. The van der Waals surface area contributed by atoms with E-state index in [1.807, 2.05) is 30.3 Å². The first kappa shape index (κ1) is 19.4. The lowest BCUT2D eigenvalue weighted by atomic mass is 10.2. The molecule has 0 aliphatic carbocycles. The number of esters is 1. The fraction of sp³-hybridized carbons (Fsp3) is 0.0952. The van der Waals surface area contributed by atoms with Gasteiger partial charge in [-0.15, -0.1) is 0 Å². The Balaban J connectivity index is 1.55. The highest BCUT2D eigenvalue weighted by molar-refractivity contribution is 6.30. The van der Waals surface area contributed by atoms with E-state index in [-0.39, 0.29) is 5.69 Å². The van der Waals surface area contributed by atoms with Crippen LogP contribution in [0.25, 0.3) is 0 Å². The van der Waals surface area contributed by atoms with E-state index in [0.717, 1.165) is 5.75 Å². The van der Waals surface area contributed by atoms with Gasteiger partial charge in [0.05, 0.1) is 0 Å². The van der Waals surface area contributed by atoms with Gasteiger partial charge in [0.2, 0.25) is 0 Å². The quantitative estimate of drug-likeness (QED) is 0.610. The van der Waals surface area contributed by atoms with Crippen LogP contribution in [-0.2, 0) is 9.53 Å². The molecule has 1 heterocycles. The van der Waals surface area contributed by atoms with Crippen LogP contribution >= 0.6 is 11.6 Å². The molecule has 1 atom stereocenters. The van der Waals surface area contributed by atoms with Gasteiger partial charge in [-0.05, 0) is 55.5 Å². The molecule has 28 heavy (non-hydrogen) atoms. The van der Waals surface area contributed by atoms with Crippen LogP contribution in [0.1, 0.15) is 17.4 Å². The molecule has 6 nitrogen and oxygen atoms in total. The molecule has 0 fully saturated rings. The summed E-state index contributed by atoms with van der Waals surface area (Å²) < 4.78 is 10.8. The van der Waals surface area contributed by atoms with E-state index in [1.54, 1.807) is 30.3 Å². The third-order valence-electron chi connectivity index (χ3n) is 3.68. The monoisotopic (exact) mass is 396 g/mol. The average Bonchev–Trinajstić information content (AvgIpc) is 2.70. The van der Waals surface area contributed by atoms with E-state index in [0.29, 0.717) is 16.5 Å². The number of aromatic nitrogens is 1. The number of anilines is 1. The Bertz CT molecular complexity index is 962. The number of nitrogens with one attached hydrogen (secondary N) is 1. The molecule has 1 aromatic heterocycles. The van der Waals surface area contributed by atoms with Crippen LogP contribution < -0.4 is 10.1 Å². The number of hydrogen-bond donors (Lipinski definition) is 1. The largest absolute Gasteiger partial charge is 0.457 e. The summed E-state index contributed by atoms with van der Waals surface area (Å²) in [5.74, 6) is 0.161. The van der Waals surface area contributed by atoms with Crippen LogP contribution in [0.15, 0.2) is 72.9 Å². The van der Waals surface area contributed by atoms with Crippen molar-refractivity contribution in [1.29, 1.82) is 0 Å². The topological polar surface area (TPSA) is 77.5 Å². The molecule has 2 aromatic carbocycles. The lowest BCUT2D eigenvalue weighted by Gasteiger charge is -2.13. The van der Waals surface area contributed by atoms with Crippen molar-refractivity contribution >= 4 is 29.2 Å². The van der Waals surface area contributed by atoms with Crippen LogP contribution in [0, 0.1) is 0 Å². The first-order valence-electron chi connectivity index (χ1n) is 8.47. The molecular formula is C21H17ClN2O4. The zero-order valence-corrected chi connectivity index (χ0v) is 15.7. The maximum Gasteiger partial charge on any atom is 0.357 e. The standard InChI is InChI=1S/C21H17ClN2O4/c1-14(27-21(26)19-13-15(22)11-12-23-19)20(25)24-16-7-9-18(10-8-16)28-17-5-3-2-4-6-17/h2-14H,1H3,(H,24,25)/t14-/m0/s1.